The Balaban J connectivity index is 1.97. The van der Waals surface area contributed by atoms with Crippen LogP contribution in [-0.2, 0) is 4.79 Å². The van der Waals surface area contributed by atoms with E-state index in [1.165, 1.54) is 0 Å². The molecule has 0 radical (unpaired) electrons. The van der Waals surface area contributed by atoms with E-state index in [2.05, 4.69) is 0 Å². The molecule has 4 nitrogen and oxygen atoms in total. The van der Waals surface area contributed by atoms with Gasteiger partial charge in [0.05, 0.1) is 17.8 Å². The summed E-state index contributed by atoms with van der Waals surface area (Å²) < 4.78 is 5.63. The molecule has 1 heterocycles. The second-order valence-electron chi connectivity index (χ2n) is 4.78. The van der Waals surface area contributed by atoms with E-state index in [4.69, 9.17) is 10.5 Å². The van der Waals surface area contributed by atoms with Crippen molar-refractivity contribution in [3.8, 4) is 5.75 Å². The molecule has 1 saturated carbocycles. The van der Waals surface area contributed by atoms with E-state index in [1.807, 2.05) is 24.3 Å². The fourth-order valence-electron chi connectivity index (χ4n) is 2.16. The number of para-hydroxylation sites is 2. The fourth-order valence-corrected chi connectivity index (χ4v) is 2.16. The lowest BCUT2D eigenvalue weighted by Crippen LogP contribution is -2.46. The van der Waals surface area contributed by atoms with E-state index in [0.717, 1.165) is 30.7 Å². The highest BCUT2D eigenvalue weighted by Gasteiger charge is 2.48. The molecule has 2 N–H and O–H groups in total. The first kappa shape index (κ1) is 10.6. The van der Waals surface area contributed by atoms with Crippen molar-refractivity contribution in [3.63, 3.8) is 0 Å². The van der Waals surface area contributed by atoms with Crippen LogP contribution in [0.25, 0.3) is 0 Å². The topological polar surface area (TPSA) is 55.6 Å². The maximum absolute atomic E-state index is 12.3. The lowest BCUT2D eigenvalue weighted by molar-refractivity contribution is -0.120. The van der Waals surface area contributed by atoms with Crippen LogP contribution in [0.4, 0.5) is 5.69 Å². The van der Waals surface area contributed by atoms with Gasteiger partial charge in [-0.25, -0.2) is 0 Å². The fraction of sp³-hybridized carbons (Fsp3) is 0.462. The van der Waals surface area contributed by atoms with Crippen LogP contribution < -0.4 is 15.4 Å². The molecule has 0 spiro atoms. The Hall–Kier alpha value is -1.55. The Morgan fingerprint density at radius 1 is 1.35 bits per heavy atom. The van der Waals surface area contributed by atoms with Gasteiger partial charge in [-0.3, -0.25) is 4.79 Å². The van der Waals surface area contributed by atoms with E-state index in [0.29, 0.717) is 13.2 Å². The number of amides is 1. The Kier molecular flexibility index (Phi) is 2.33. The lowest BCUT2D eigenvalue weighted by Gasteiger charge is -2.24. The molecular formula is C13H16N2O2. The number of carbonyl (C=O) groups is 1. The van der Waals surface area contributed by atoms with Crippen LogP contribution in [0.2, 0.25) is 0 Å². The van der Waals surface area contributed by atoms with Crippen molar-refractivity contribution < 1.29 is 9.53 Å². The summed E-state index contributed by atoms with van der Waals surface area (Å²) in [6.07, 6.45) is 2.44. The van der Waals surface area contributed by atoms with Crippen LogP contribution in [0, 0.1) is 0 Å². The van der Waals surface area contributed by atoms with Gasteiger partial charge in [-0.1, -0.05) is 12.1 Å². The lowest BCUT2D eigenvalue weighted by atomic mass is 10.2. The molecule has 1 aromatic carbocycles. The van der Waals surface area contributed by atoms with Gasteiger partial charge in [0, 0.05) is 6.54 Å². The normalized spacial score (nSPS) is 21.1. The number of benzene rings is 1. The molecule has 0 unspecified atom stereocenters. The average Bonchev–Trinajstić information content (AvgIpc) is 3.11. The summed E-state index contributed by atoms with van der Waals surface area (Å²) in [4.78, 5) is 14.1. The van der Waals surface area contributed by atoms with Gasteiger partial charge >= 0.3 is 0 Å². The van der Waals surface area contributed by atoms with Crippen molar-refractivity contribution in [2.24, 2.45) is 5.73 Å². The van der Waals surface area contributed by atoms with Crippen LogP contribution in [0.15, 0.2) is 24.3 Å². The molecule has 0 atom stereocenters. The van der Waals surface area contributed by atoms with Crippen molar-refractivity contribution in [2.45, 2.75) is 24.8 Å². The Morgan fingerprint density at radius 3 is 2.88 bits per heavy atom. The van der Waals surface area contributed by atoms with E-state index < -0.39 is 5.54 Å². The van der Waals surface area contributed by atoms with Gasteiger partial charge in [-0.15, -0.1) is 0 Å². The quantitative estimate of drug-likeness (QED) is 0.794. The molecular weight excluding hydrogens is 216 g/mol. The Labute approximate surface area is 100 Å². The van der Waals surface area contributed by atoms with Crippen molar-refractivity contribution in [3.05, 3.63) is 24.3 Å². The highest BCUT2D eigenvalue weighted by Crippen LogP contribution is 2.38. The van der Waals surface area contributed by atoms with Gasteiger partial charge in [0.1, 0.15) is 5.75 Å². The third-order valence-corrected chi connectivity index (χ3v) is 3.40. The summed E-state index contributed by atoms with van der Waals surface area (Å²) in [7, 11) is 0. The number of ether oxygens (including phenoxy) is 1. The number of anilines is 1. The van der Waals surface area contributed by atoms with Gasteiger partial charge in [0.2, 0.25) is 5.91 Å². The number of rotatable bonds is 1. The number of hydrogen-bond acceptors (Lipinski definition) is 3. The minimum Gasteiger partial charge on any atom is -0.491 e. The Morgan fingerprint density at radius 2 is 2.12 bits per heavy atom. The minimum absolute atomic E-state index is 0.0375. The van der Waals surface area contributed by atoms with Gasteiger partial charge in [0.25, 0.3) is 0 Å². The predicted octanol–water partition coefficient (Wildman–Crippen LogP) is 1.29. The average molecular weight is 232 g/mol. The van der Waals surface area contributed by atoms with Gasteiger partial charge in [-0.2, -0.15) is 0 Å². The first-order valence-electron chi connectivity index (χ1n) is 6.03. The number of nitrogens with zero attached hydrogens (tertiary/aromatic N) is 1. The van der Waals surface area contributed by atoms with E-state index in [9.17, 15) is 4.79 Å². The van der Waals surface area contributed by atoms with E-state index >= 15 is 0 Å². The van der Waals surface area contributed by atoms with Gasteiger partial charge < -0.3 is 15.4 Å². The molecule has 1 aliphatic carbocycles. The zero-order valence-electron chi connectivity index (χ0n) is 9.69. The minimum atomic E-state index is -0.614. The highest BCUT2D eigenvalue weighted by atomic mass is 16.5. The monoisotopic (exact) mass is 232 g/mol. The number of fused-ring (bicyclic) bond motifs is 1. The molecule has 1 aromatic rings. The zero-order valence-corrected chi connectivity index (χ0v) is 9.69. The van der Waals surface area contributed by atoms with Crippen LogP contribution in [0.3, 0.4) is 0 Å². The maximum Gasteiger partial charge on any atom is 0.247 e. The molecule has 17 heavy (non-hydrogen) atoms. The van der Waals surface area contributed by atoms with Crippen molar-refractivity contribution in [1.82, 2.24) is 0 Å². The second-order valence-corrected chi connectivity index (χ2v) is 4.78. The first-order valence-corrected chi connectivity index (χ1v) is 6.03. The third-order valence-electron chi connectivity index (χ3n) is 3.40. The van der Waals surface area contributed by atoms with E-state index in [1.54, 1.807) is 4.90 Å². The smallest absolute Gasteiger partial charge is 0.247 e. The summed E-state index contributed by atoms with van der Waals surface area (Å²) in [5, 5.41) is 0. The van der Waals surface area contributed by atoms with Crippen LogP contribution in [0.1, 0.15) is 19.3 Å². The number of nitrogens with two attached hydrogens (primary N) is 1. The second kappa shape index (κ2) is 3.74. The molecule has 0 aromatic heterocycles. The van der Waals surface area contributed by atoms with Crippen LogP contribution in [0.5, 0.6) is 5.75 Å². The molecule has 3 rings (SSSR count). The van der Waals surface area contributed by atoms with Crippen molar-refractivity contribution in [2.75, 3.05) is 18.1 Å². The molecule has 4 heteroatoms. The van der Waals surface area contributed by atoms with Crippen LogP contribution in [-0.4, -0.2) is 24.6 Å². The van der Waals surface area contributed by atoms with E-state index in [-0.39, 0.29) is 5.91 Å². The van der Waals surface area contributed by atoms with Gasteiger partial charge in [0.15, 0.2) is 0 Å². The molecule has 0 saturated heterocycles. The first-order chi connectivity index (χ1) is 8.21. The molecule has 1 fully saturated rings. The summed E-state index contributed by atoms with van der Waals surface area (Å²) in [6.45, 7) is 1.34. The molecule has 0 bridgehead atoms. The highest BCUT2D eigenvalue weighted by molar-refractivity contribution is 6.03. The summed E-state index contributed by atoms with van der Waals surface area (Å²) >= 11 is 0. The number of carbonyl (C=O) groups excluding carboxylic acids is 1. The summed E-state index contributed by atoms with van der Waals surface area (Å²) in [5.74, 6) is 0.818. The van der Waals surface area contributed by atoms with Crippen molar-refractivity contribution in [1.29, 1.82) is 0 Å². The SMILES string of the molecule is NC1(C(=O)N2CCCOc3ccccc32)CC1. The summed E-state index contributed by atoms with van der Waals surface area (Å²) in [6, 6.07) is 7.66. The third kappa shape index (κ3) is 1.78. The summed E-state index contributed by atoms with van der Waals surface area (Å²) in [5.41, 5.74) is 6.24. The zero-order chi connectivity index (χ0) is 11.9. The maximum atomic E-state index is 12.3. The van der Waals surface area contributed by atoms with Gasteiger partial charge in [-0.05, 0) is 31.4 Å². The predicted molar refractivity (Wildman–Crippen MR) is 65.1 cm³/mol. The molecule has 1 amide bonds. The van der Waals surface area contributed by atoms with Crippen molar-refractivity contribution >= 4 is 11.6 Å². The standard InChI is InChI=1S/C13H16N2O2/c14-13(6-7-13)12(16)15-8-3-9-17-11-5-2-1-4-10(11)15/h1-2,4-5H,3,6-9,14H2. The molecule has 2 aliphatic rings. The Bertz CT molecular complexity index is 454. The number of hydrogen-bond donors (Lipinski definition) is 1. The largest absolute Gasteiger partial charge is 0.491 e. The molecule has 1 aliphatic heterocycles. The van der Waals surface area contributed by atoms with Crippen LogP contribution >= 0.6 is 0 Å². The molecule has 90 valence electrons.